The van der Waals surface area contributed by atoms with E-state index in [1.54, 1.807) is 13.8 Å². The lowest BCUT2D eigenvalue weighted by atomic mass is 10.6. The van der Waals surface area contributed by atoms with Crippen LogP contribution in [-0.2, 0) is 9.84 Å². The summed E-state index contributed by atoms with van der Waals surface area (Å²) in [5.74, 6) is 0. The molecule has 1 aromatic rings. The number of thiophene rings is 1. The highest BCUT2D eigenvalue weighted by Crippen LogP contribution is 2.37. The minimum atomic E-state index is -3.30. The summed E-state index contributed by atoms with van der Waals surface area (Å²) < 4.78 is 23.2. The molecule has 6 heteroatoms. The average Bonchev–Trinajstić information content (AvgIpc) is 2.32. The number of aromatic hydroxyl groups is 1. The van der Waals surface area contributed by atoms with Crippen molar-refractivity contribution in [1.82, 2.24) is 0 Å². The maximum Gasteiger partial charge on any atom is 0.191 e. The van der Waals surface area contributed by atoms with Gasteiger partial charge in [0.15, 0.2) is 14.9 Å². The number of hydrogen-bond donors (Lipinski definition) is 1. The van der Waals surface area contributed by atoms with Crippen molar-refractivity contribution in [2.45, 2.75) is 23.3 Å². The Hall–Kier alpha value is -0.260. The van der Waals surface area contributed by atoms with E-state index in [-0.39, 0.29) is 14.3 Å². The van der Waals surface area contributed by atoms with E-state index in [2.05, 4.69) is 0 Å². The molecule has 0 aliphatic carbocycles. The molecule has 0 amide bonds. The monoisotopic (exact) mass is 240 g/mol. The Morgan fingerprint density at radius 1 is 1.54 bits per heavy atom. The molecule has 0 aliphatic heterocycles. The van der Waals surface area contributed by atoms with Gasteiger partial charge >= 0.3 is 0 Å². The summed E-state index contributed by atoms with van der Waals surface area (Å²) in [5.41, 5.74) is 0. The Bertz CT molecular complexity index is 386. The van der Waals surface area contributed by atoms with E-state index in [1.807, 2.05) is 0 Å². The summed E-state index contributed by atoms with van der Waals surface area (Å²) in [6.45, 7) is 3.17. The highest BCUT2D eigenvalue weighted by atomic mass is 35.5. The molecule has 3 nitrogen and oxygen atoms in total. The van der Waals surface area contributed by atoms with Crippen LogP contribution in [0, 0.1) is 0 Å². The zero-order chi connectivity index (χ0) is 10.2. The summed E-state index contributed by atoms with van der Waals surface area (Å²) in [6, 6.07) is 1.27. The van der Waals surface area contributed by atoms with Gasteiger partial charge in [0.25, 0.3) is 0 Å². The van der Waals surface area contributed by atoms with Gasteiger partial charge in [-0.1, -0.05) is 22.9 Å². The quantitative estimate of drug-likeness (QED) is 0.863. The number of sulfone groups is 1. The fourth-order valence-electron chi connectivity index (χ4n) is 0.711. The second-order valence-corrected chi connectivity index (χ2v) is 6.98. The molecular weight excluding hydrogens is 232 g/mol. The normalized spacial score (nSPS) is 12.3. The number of halogens is 1. The predicted molar refractivity (Wildman–Crippen MR) is 53.3 cm³/mol. The molecule has 1 N–H and O–H groups in total. The third-order valence-corrected chi connectivity index (χ3v) is 5.55. The van der Waals surface area contributed by atoms with E-state index in [9.17, 15) is 8.42 Å². The summed E-state index contributed by atoms with van der Waals surface area (Å²) in [6.07, 6.45) is 0. The Balaban J connectivity index is 3.24. The minimum Gasteiger partial charge on any atom is -0.498 e. The van der Waals surface area contributed by atoms with Crippen LogP contribution in [-0.4, -0.2) is 18.8 Å². The second kappa shape index (κ2) is 3.48. The molecule has 1 heterocycles. The second-order valence-electron chi connectivity index (χ2n) is 2.81. The van der Waals surface area contributed by atoms with Gasteiger partial charge in [-0.2, -0.15) is 0 Å². The van der Waals surface area contributed by atoms with E-state index in [4.69, 9.17) is 16.7 Å². The fourth-order valence-corrected chi connectivity index (χ4v) is 3.61. The zero-order valence-electron chi connectivity index (χ0n) is 7.11. The topological polar surface area (TPSA) is 54.4 Å². The zero-order valence-corrected chi connectivity index (χ0v) is 9.50. The van der Waals surface area contributed by atoms with Gasteiger partial charge in [-0.05, 0) is 19.9 Å². The van der Waals surface area contributed by atoms with Crippen molar-refractivity contribution in [3.05, 3.63) is 11.1 Å². The summed E-state index contributed by atoms with van der Waals surface area (Å²) in [7, 11) is -3.30. The van der Waals surface area contributed by atoms with Crippen molar-refractivity contribution in [3.63, 3.8) is 0 Å². The first kappa shape index (κ1) is 10.8. The smallest absolute Gasteiger partial charge is 0.191 e. The van der Waals surface area contributed by atoms with E-state index >= 15 is 0 Å². The van der Waals surface area contributed by atoms with Crippen LogP contribution in [0.1, 0.15) is 13.8 Å². The van der Waals surface area contributed by atoms with Gasteiger partial charge in [-0.3, -0.25) is 0 Å². The van der Waals surface area contributed by atoms with Gasteiger partial charge in [0.05, 0.1) is 10.3 Å². The van der Waals surface area contributed by atoms with E-state index in [1.165, 1.54) is 6.07 Å². The maximum absolute atomic E-state index is 11.5. The van der Waals surface area contributed by atoms with Crippen molar-refractivity contribution in [2.75, 3.05) is 0 Å². The van der Waals surface area contributed by atoms with Crippen LogP contribution in [0.3, 0.4) is 0 Å². The third kappa shape index (κ3) is 1.98. The van der Waals surface area contributed by atoms with Gasteiger partial charge in [0.1, 0.15) is 4.21 Å². The van der Waals surface area contributed by atoms with Gasteiger partial charge in [-0.15, -0.1) is 0 Å². The first-order chi connectivity index (χ1) is 5.85. The van der Waals surface area contributed by atoms with Crippen LogP contribution in [0.5, 0.6) is 5.06 Å². The van der Waals surface area contributed by atoms with Crippen LogP contribution in [0.2, 0.25) is 5.02 Å². The standard InChI is InChI=1S/C7H9ClO3S2/c1-4(2)13(10,11)6-3-5(8)7(9)12-6/h3-4,9H,1-2H3. The van der Waals surface area contributed by atoms with Crippen LogP contribution in [0.25, 0.3) is 0 Å². The lowest BCUT2D eigenvalue weighted by Gasteiger charge is -2.02. The molecule has 0 saturated heterocycles. The van der Waals surface area contributed by atoms with E-state index in [0.717, 1.165) is 11.3 Å². The largest absolute Gasteiger partial charge is 0.498 e. The highest BCUT2D eigenvalue weighted by molar-refractivity contribution is 7.94. The van der Waals surface area contributed by atoms with Gasteiger partial charge in [0.2, 0.25) is 0 Å². The summed E-state index contributed by atoms with van der Waals surface area (Å²) in [4.78, 5) is 0. The molecule has 13 heavy (non-hydrogen) atoms. The molecule has 0 spiro atoms. The summed E-state index contributed by atoms with van der Waals surface area (Å²) in [5, 5.41) is 8.54. The van der Waals surface area contributed by atoms with Crippen molar-refractivity contribution in [2.24, 2.45) is 0 Å². The molecule has 0 unspecified atom stereocenters. The van der Waals surface area contributed by atoms with Gasteiger partial charge in [-0.25, -0.2) is 8.42 Å². The van der Waals surface area contributed by atoms with E-state index < -0.39 is 15.1 Å². The first-order valence-electron chi connectivity index (χ1n) is 3.58. The molecule has 0 atom stereocenters. The molecule has 0 fully saturated rings. The molecule has 0 saturated carbocycles. The molecule has 0 radical (unpaired) electrons. The molecular formula is C7H9ClO3S2. The SMILES string of the molecule is CC(C)S(=O)(=O)c1cc(Cl)c(O)s1. The Morgan fingerprint density at radius 2 is 2.08 bits per heavy atom. The van der Waals surface area contributed by atoms with Gasteiger partial charge in [0, 0.05) is 0 Å². The molecule has 74 valence electrons. The van der Waals surface area contributed by atoms with Crippen molar-refractivity contribution >= 4 is 32.8 Å². The van der Waals surface area contributed by atoms with Crippen LogP contribution >= 0.6 is 22.9 Å². The molecule has 0 aliphatic rings. The maximum atomic E-state index is 11.5. The molecule has 1 rings (SSSR count). The lowest BCUT2D eigenvalue weighted by molar-refractivity contribution is 0.491. The Labute approximate surface area is 85.9 Å². The van der Waals surface area contributed by atoms with Crippen LogP contribution in [0.15, 0.2) is 10.3 Å². The fraction of sp³-hybridized carbons (Fsp3) is 0.429. The van der Waals surface area contributed by atoms with E-state index in [0.29, 0.717) is 0 Å². The summed E-state index contributed by atoms with van der Waals surface area (Å²) >= 11 is 6.32. The molecule has 1 aromatic heterocycles. The van der Waals surface area contributed by atoms with Crippen molar-refractivity contribution in [3.8, 4) is 5.06 Å². The molecule has 0 bridgehead atoms. The van der Waals surface area contributed by atoms with Crippen LogP contribution in [0.4, 0.5) is 0 Å². The average molecular weight is 241 g/mol. The lowest BCUT2D eigenvalue weighted by Crippen LogP contribution is -2.12. The Kier molecular flexibility index (Phi) is 2.89. The Morgan fingerprint density at radius 3 is 2.38 bits per heavy atom. The highest BCUT2D eigenvalue weighted by Gasteiger charge is 2.23. The van der Waals surface area contributed by atoms with Crippen molar-refractivity contribution < 1.29 is 13.5 Å². The third-order valence-electron chi connectivity index (χ3n) is 1.55. The van der Waals surface area contributed by atoms with Crippen LogP contribution < -0.4 is 0 Å². The molecule has 0 aromatic carbocycles. The van der Waals surface area contributed by atoms with Gasteiger partial charge < -0.3 is 5.11 Å². The van der Waals surface area contributed by atoms with Crippen molar-refractivity contribution in [1.29, 1.82) is 0 Å². The number of rotatable bonds is 2. The minimum absolute atomic E-state index is 0.0872. The predicted octanol–water partition coefficient (Wildman–Crippen LogP) is 2.29. The first-order valence-corrected chi connectivity index (χ1v) is 6.32. The number of hydrogen-bond acceptors (Lipinski definition) is 4.